The summed E-state index contributed by atoms with van der Waals surface area (Å²) in [6, 6.07) is 14.5. The lowest BCUT2D eigenvalue weighted by Gasteiger charge is -2.23. The van der Waals surface area contributed by atoms with E-state index in [4.69, 9.17) is 0 Å². The molecule has 0 fully saturated rings. The number of rotatable bonds is 7. The highest BCUT2D eigenvalue weighted by Gasteiger charge is 2.22. The fourth-order valence-electron chi connectivity index (χ4n) is 2.89. The van der Waals surface area contributed by atoms with Crippen LogP contribution >= 0.6 is 0 Å². The van der Waals surface area contributed by atoms with E-state index in [1.807, 2.05) is 48.0 Å². The Morgan fingerprint density at radius 3 is 2.64 bits per heavy atom. The minimum absolute atomic E-state index is 0.296. The van der Waals surface area contributed by atoms with Crippen molar-refractivity contribution in [3.63, 3.8) is 0 Å². The van der Waals surface area contributed by atoms with Gasteiger partial charge in [-0.25, -0.2) is 13.4 Å². The van der Waals surface area contributed by atoms with Crippen molar-refractivity contribution in [3.8, 4) is 0 Å². The van der Waals surface area contributed by atoms with Crippen molar-refractivity contribution in [1.29, 1.82) is 0 Å². The molecule has 1 N–H and O–H groups in total. The van der Waals surface area contributed by atoms with Gasteiger partial charge in [0, 0.05) is 24.6 Å². The van der Waals surface area contributed by atoms with Crippen molar-refractivity contribution in [2.75, 3.05) is 22.4 Å². The van der Waals surface area contributed by atoms with Gasteiger partial charge in [0.25, 0.3) is 0 Å². The van der Waals surface area contributed by atoms with Crippen LogP contribution in [0.3, 0.4) is 0 Å². The van der Waals surface area contributed by atoms with Crippen molar-refractivity contribution in [3.05, 3.63) is 78.4 Å². The van der Waals surface area contributed by atoms with Crippen molar-refractivity contribution in [1.82, 2.24) is 9.55 Å². The van der Waals surface area contributed by atoms with E-state index in [-0.39, 0.29) is 6.54 Å². The Bertz CT molecular complexity index is 1060. The summed E-state index contributed by atoms with van der Waals surface area (Å²) in [5.74, 6) is -0.409. The van der Waals surface area contributed by atoms with Crippen LogP contribution in [0.4, 0.5) is 11.4 Å². The van der Waals surface area contributed by atoms with Crippen LogP contribution in [0.1, 0.15) is 11.1 Å². The molecule has 0 aliphatic heterocycles. The van der Waals surface area contributed by atoms with E-state index >= 15 is 0 Å². The van der Waals surface area contributed by atoms with Gasteiger partial charge in [-0.15, -0.1) is 0 Å². The fourth-order valence-corrected chi connectivity index (χ4v) is 3.81. The van der Waals surface area contributed by atoms with Gasteiger partial charge in [0.1, 0.15) is 6.54 Å². The van der Waals surface area contributed by atoms with E-state index in [9.17, 15) is 13.2 Å². The van der Waals surface area contributed by atoms with Crippen LogP contribution in [-0.2, 0) is 21.4 Å². The van der Waals surface area contributed by atoms with Gasteiger partial charge in [-0.3, -0.25) is 9.10 Å². The average molecular weight is 398 g/mol. The molecular formula is C20H22N4O3S. The zero-order valence-corrected chi connectivity index (χ0v) is 16.6. The largest absolute Gasteiger partial charge is 0.333 e. The van der Waals surface area contributed by atoms with Gasteiger partial charge < -0.3 is 9.88 Å². The smallest absolute Gasteiger partial charge is 0.245 e. The molecule has 3 rings (SSSR count). The van der Waals surface area contributed by atoms with E-state index in [2.05, 4.69) is 10.3 Å². The highest BCUT2D eigenvalue weighted by Crippen LogP contribution is 2.22. The molecule has 8 heteroatoms. The zero-order valence-electron chi connectivity index (χ0n) is 15.7. The van der Waals surface area contributed by atoms with E-state index in [0.29, 0.717) is 17.9 Å². The quantitative estimate of drug-likeness (QED) is 0.663. The monoisotopic (exact) mass is 398 g/mol. The molecule has 0 radical (unpaired) electrons. The maximum absolute atomic E-state index is 12.6. The molecule has 1 aromatic heterocycles. The first-order chi connectivity index (χ1) is 13.3. The third kappa shape index (κ3) is 4.98. The normalized spacial score (nSPS) is 11.2. The third-order valence-corrected chi connectivity index (χ3v) is 5.33. The second kappa shape index (κ2) is 8.26. The molecule has 0 saturated carbocycles. The van der Waals surface area contributed by atoms with Crippen molar-refractivity contribution in [2.24, 2.45) is 0 Å². The number of hydrogen-bond donors (Lipinski definition) is 1. The lowest BCUT2D eigenvalue weighted by molar-refractivity contribution is -0.114. The molecule has 28 heavy (non-hydrogen) atoms. The van der Waals surface area contributed by atoms with Gasteiger partial charge >= 0.3 is 0 Å². The molecule has 1 amide bonds. The first kappa shape index (κ1) is 19.6. The molecule has 2 aromatic carbocycles. The van der Waals surface area contributed by atoms with Crippen LogP contribution in [0.15, 0.2) is 67.3 Å². The summed E-state index contributed by atoms with van der Waals surface area (Å²) in [6.45, 7) is 2.14. The van der Waals surface area contributed by atoms with Crippen LogP contribution in [0.25, 0.3) is 0 Å². The van der Waals surface area contributed by atoms with Crippen LogP contribution in [-0.4, -0.2) is 36.7 Å². The molecule has 1 heterocycles. The predicted octanol–water partition coefficient (Wildman–Crippen LogP) is 2.64. The number of imidazole rings is 1. The Labute approximate surface area is 164 Å². The lowest BCUT2D eigenvalue weighted by Crippen LogP contribution is -2.37. The molecule has 0 bridgehead atoms. The van der Waals surface area contributed by atoms with Gasteiger partial charge in [0.2, 0.25) is 15.9 Å². The molecule has 0 spiro atoms. The summed E-state index contributed by atoms with van der Waals surface area (Å²) in [7, 11) is -3.61. The summed E-state index contributed by atoms with van der Waals surface area (Å²) < 4.78 is 27.5. The molecule has 0 aliphatic carbocycles. The van der Waals surface area contributed by atoms with E-state index in [0.717, 1.165) is 21.7 Å². The number of aryl methyl sites for hydroxylation is 1. The van der Waals surface area contributed by atoms with Crippen LogP contribution in [0, 0.1) is 6.92 Å². The summed E-state index contributed by atoms with van der Waals surface area (Å²) in [5, 5.41) is 2.78. The Kier molecular flexibility index (Phi) is 5.79. The number of hydrogen-bond acceptors (Lipinski definition) is 4. The number of nitrogens with zero attached hydrogens (tertiary/aromatic N) is 3. The highest BCUT2D eigenvalue weighted by atomic mass is 32.2. The van der Waals surface area contributed by atoms with Crippen molar-refractivity contribution >= 4 is 27.3 Å². The highest BCUT2D eigenvalue weighted by molar-refractivity contribution is 7.92. The van der Waals surface area contributed by atoms with Gasteiger partial charge in [0.05, 0.1) is 18.3 Å². The van der Waals surface area contributed by atoms with Gasteiger partial charge in [-0.05, 0) is 36.2 Å². The second-order valence-electron chi connectivity index (χ2n) is 6.54. The summed E-state index contributed by atoms with van der Waals surface area (Å²) in [4.78, 5) is 16.6. The number of sulfonamides is 1. The molecule has 0 aliphatic rings. The van der Waals surface area contributed by atoms with E-state index in [1.165, 1.54) is 0 Å². The topological polar surface area (TPSA) is 84.3 Å². The van der Waals surface area contributed by atoms with Crippen molar-refractivity contribution in [2.45, 2.75) is 13.5 Å². The van der Waals surface area contributed by atoms with Crippen LogP contribution < -0.4 is 9.62 Å². The molecule has 0 saturated heterocycles. The maximum Gasteiger partial charge on any atom is 0.245 e. The fraction of sp³-hybridized carbons (Fsp3) is 0.200. The molecule has 3 aromatic rings. The maximum atomic E-state index is 12.6. The molecule has 0 atom stereocenters. The Morgan fingerprint density at radius 2 is 1.96 bits per heavy atom. The minimum atomic E-state index is -3.61. The first-order valence-electron chi connectivity index (χ1n) is 8.71. The molecule has 0 unspecified atom stereocenters. The second-order valence-corrected chi connectivity index (χ2v) is 8.45. The zero-order chi connectivity index (χ0) is 20.1. The predicted molar refractivity (Wildman–Crippen MR) is 110 cm³/mol. The number of nitrogens with one attached hydrogen (secondary N) is 1. The van der Waals surface area contributed by atoms with Crippen LogP contribution in [0.5, 0.6) is 0 Å². The number of para-hydroxylation sites is 1. The van der Waals surface area contributed by atoms with Gasteiger partial charge in [0.15, 0.2) is 0 Å². The number of carbonyl (C=O) groups is 1. The molecule has 146 valence electrons. The summed E-state index contributed by atoms with van der Waals surface area (Å²) in [6.07, 6.45) is 6.38. The number of amides is 1. The lowest BCUT2D eigenvalue weighted by atomic mass is 10.2. The molecular weight excluding hydrogens is 376 g/mol. The average Bonchev–Trinajstić information content (AvgIpc) is 3.13. The van der Waals surface area contributed by atoms with E-state index < -0.39 is 15.9 Å². The molecule has 7 nitrogen and oxygen atoms in total. The number of benzene rings is 2. The third-order valence-electron chi connectivity index (χ3n) is 4.21. The standard InChI is InChI=1S/C20H22N4O3S/c1-16-6-3-4-9-19(16)24(28(2,26)27)14-20(25)22-18-8-5-7-17(12-18)13-23-11-10-21-15-23/h3-12,15H,13-14H2,1-2H3,(H,22,25). The van der Waals surface area contributed by atoms with Gasteiger partial charge in [-0.1, -0.05) is 30.3 Å². The Hall–Kier alpha value is -3.13. The summed E-state index contributed by atoms with van der Waals surface area (Å²) >= 11 is 0. The Balaban J connectivity index is 1.74. The van der Waals surface area contributed by atoms with Gasteiger partial charge in [-0.2, -0.15) is 0 Å². The number of carbonyl (C=O) groups excluding carboxylic acids is 1. The number of aromatic nitrogens is 2. The van der Waals surface area contributed by atoms with Crippen LogP contribution in [0.2, 0.25) is 0 Å². The summed E-state index contributed by atoms with van der Waals surface area (Å²) in [5.41, 5.74) is 2.88. The van der Waals surface area contributed by atoms with Crippen molar-refractivity contribution < 1.29 is 13.2 Å². The SMILES string of the molecule is Cc1ccccc1N(CC(=O)Nc1cccc(Cn2ccnc2)c1)S(C)(=O)=O. The Morgan fingerprint density at radius 1 is 1.18 bits per heavy atom. The minimum Gasteiger partial charge on any atom is -0.333 e. The first-order valence-corrected chi connectivity index (χ1v) is 10.6. The van der Waals surface area contributed by atoms with E-state index in [1.54, 1.807) is 30.7 Å². The number of anilines is 2.